The van der Waals surface area contributed by atoms with Crippen molar-refractivity contribution in [1.82, 2.24) is 19.7 Å². The molecule has 0 amide bonds. The summed E-state index contributed by atoms with van der Waals surface area (Å²) in [5, 5.41) is 8.42. The summed E-state index contributed by atoms with van der Waals surface area (Å²) in [6.07, 6.45) is 2.32. The Morgan fingerprint density at radius 1 is 1.03 bits per heavy atom. The number of aryl methyl sites for hydroxylation is 1. The van der Waals surface area contributed by atoms with Crippen molar-refractivity contribution < 1.29 is 17.9 Å². The quantitative estimate of drug-likeness (QED) is 0.498. The Morgan fingerprint density at radius 2 is 1.84 bits per heavy atom. The molecule has 2 bridgehead atoms. The number of hydrogen-bond donors (Lipinski definition) is 1. The number of pyridine rings is 1. The maximum Gasteiger partial charge on any atom is 0.416 e. The zero-order chi connectivity index (χ0) is 25.6. The molecule has 3 aromatic rings. The smallest absolute Gasteiger partial charge is 0.416 e. The van der Waals surface area contributed by atoms with E-state index in [4.69, 9.17) is 14.8 Å². The molecular formula is C27H31F3N6O. The van der Waals surface area contributed by atoms with Gasteiger partial charge in [0.05, 0.1) is 12.7 Å². The zero-order valence-corrected chi connectivity index (χ0v) is 20.8. The number of hydrogen-bond acceptors (Lipinski definition) is 6. The van der Waals surface area contributed by atoms with Crippen LogP contribution in [0, 0.1) is 11.8 Å². The Balaban J connectivity index is 1.21. The fourth-order valence-electron chi connectivity index (χ4n) is 6.35. The monoisotopic (exact) mass is 512 g/mol. The molecule has 0 radical (unpaired) electrons. The molecule has 2 aromatic heterocycles. The molecule has 2 aliphatic heterocycles. The fraction of sp³-hybridized carbons (Fsp3) is 0.519. The van der Waals surface area contributed by atoms with E-state index in [1.165, 1.54) is 12.1 Å². The highest BCUT2D eigenvalue weighted by molar-refractivity contribution is 5.49. The average Bonchev–Trinajstić information content (AvgIpc) is 3.30. The predicted octanol–water partition coefficient (Wildman–Crippen LogP) is 5.34. The maximum atomic E-state index is 13.4. The van der Waals surface area contributed by atoms with Gasteiger partial charge >= 0.3 is 6.18 Å². The van der Waals surface area contributed by atoms with Crippen LogP contribution >= 0.6 is 0 Å². The van der Waals surface area contributed by atoms with Gasteiger partial charge in [-0.1, -0.05) is 24.6 Å². The fourth-order valence-corrected chi connectivity index (χ4v) is 6.35. The molecule has 1 aliphatic carbocycles. The lowest BCUT2D eigenvalue weighted by atomic mass is 9.91. The van der Waals surface area contributed by atoms with E-state index in [1.54, 1.807) is 19.4 Å². The van der Waals surface area contributed by atoms with Crippen LogP contribution in [-0.2, 0) is 12.7 Å². The molecule has 7 nitrogen and oxygen atoms in total. The summed E-state index contributed by atoms with van der Waals surface area (Å²) in [4.78, 5) is 11.5. The standard InChI is InChI=1S/C27H31F3N6O/c1-37-23-14-21(10-11-31-23)35-15-18-8-9-19(16-35)24(18)32-26-33-25-22(7-2-3-12-36(25)34-26)17-5-4-6-20(13-17)27(28,29)30/h4-6,10-11,13-14,18-19,22,24H,2-3,7-9,12,15-16H2,1H3,(H,32,34)/t18-,19-,22+/m1/s1. The number of anilines is 2. The van der Waals surface area contributed by atoms with Crippen molar-refractivity contribution in [2.75, 3.05) is 30.4 Å². The Bertz CT molecular complexity index is 1250. The molecule has 37 heavy (non-hydrogen) atoms. The van der Waals surface area contributed by atoms with Crippen molar-refractivity contribution >= 4 is 11.6 Å². The molecule has 1 N–H and O–H groups in total. The summed E-state index contributed by atoms with van der Waals surface area (Å²) in [5.41, 5.74) is 1.16. The van der Waals surface area contributed by atoms with Crippen LogP contribution in [0.1, 0.15) is 55.0 Å². The third kappa shape index (κ3) is 4.73. The predicted molar refractivity (Wildman–Crippen MR) is 134 cm³/mol. The Hall–Kier alpha value is -3.30. The average molecular weight is 513 g/mol. The van der Waals surface area contributed by atoms with Gasteiger partial charge in [-0.3, -0.25) is 0 Å². The number of benzene rings is 1. The van der Waals surface area contributed by atoms with Crippen LogP contribution in [-0.4, -0.2) is 46.0 Å². The maximum absolute atomic E-state index is 13.4. The molecule has 3 atom stereocenters. The van der Waals surface area contributed by atoms with Crippen molar-refractivity contribution in [2.45, 2.75) is 56.8 Å². The van der Waals surface area contributed by atoms with Gasteiger partial charge in [0, 0.05) is 49.5 Å². The molecule has 6 rings (SSSR count). The molecule has 10 heteroatoms. The van der Waals surface area contributed by atoms with E-state index in [0.717, 1.165) is 69.3 Å². The second-order valence-electron chi connectivity index (χ2n) is 10.4. The van der Waals surface area contributed by atoms with Crippen molar-refractivity contribution in [3.05, 3.63) is 59.5 Å². The first-order valence-electron chi connectivity index (χ1n) is 13.0. The molecule has 0 spiro atoms. The first kappa shape index (κ1) is 24.1. The second-order valence-corrected chi connectivity index (χ2v) is 10.4. The topological polar surface area (TPSA) is 68.1 Å². The Kier molecular flexibility index (Phi) is 6.20. The molecule has 1 aromatic carbocycles. The third-order valence-corrected chi connectivity index (χ3v) is 8.16. The van der Waals surface area contributed by atoms with E-state index >= 15 is 0 Å². The van der Waals surface area contributed by atoms with E-state index < -0.39 is 11.7 Å². The summed E-state index contributed by atoms with van der Waals surface area (Å²) in [5.74, 6) is 2.68. The third-order valence-electron chi connectivity index (χ3n) is 8.16. The van der Waals surface area contributed by atoms with E-state index in [2.05, 4.69) is 15.2 Å². The van der Waals surface area contributed by atoms with Gasteiger partial charge in [-0.15, -0.1) is 5.10 Å². The number of aromatic nitrogens is 4. The van der Waals surface area contributed by atoms with Crippen LogP contribution in [0.3, 0.4) is 0 Å². The van der Waals surface area contributed by atoms with E-state index in [0.29, 0.717) is 29.2 Å². The number of ether oxygens (including phenoxy) is 1. The molecule has 4 heterocycles. The minimum Gasteiger partial charge on any atom is -0.481 e. The SMILES string of the molecule is COc1cc(N2C[C@H]3CC[C@H](C2)C3Nc2nc3n(n2)CCCC[C@H]3c2cccc(C(F)(F)F)c2)ccn1. The van der Waals surface area contributed by atoms with Crippen LogP contribution in [0.4, 0.5) is 24.8 Å². The normalized spacial score (nSPS) is 25.5. The van der Waals surface area contributed by atoms with Crippen molar-refractivity contribution in [3.8, 4) is 5.88 Å². The second kappa shape index (κ2) is 9.54. The lowest BCUT2D eigenvalue weighted by Gasteiger charge is -2.39. The van der Waals surface area contributed by atoms with Gasteiger partial charge in [0.15, 0.2) is 0 Å². The summed E-state index contributed by atoms with van der Waals surface area (Å²) >= 11 is 0. The molecule has 2 fully saturated rings. The van der Waals surface area contributed by atoms with Crippen LogP contribution in [0.25, 0.3) is 0 Å². The number of halogens is 3. The number of methoxy groups -OCH3 is 1. The molecule has 1 saturated heterocycles. The zero-order valence-electron chi connectivity index (χ0n) is 20.8. The minimum absolute atomic E-state index is 0.201. The molecule has 3 aliphatic rings. The van der Waals surface area contributed by atoms with Gasteiger partial charge in [0.2, 0.25) is 11.8 Å². The summed E-state index contributed by atoms with van der Waals surface area (Å²) < 4.78 is 47.3. The number of alkyl halides is 3. The van der Waals surface area contributed by atoms with Crippen LogP contribution < -0.4 is 15.0 Å². The highest BCUT2D eigenvalue weighted by Crippen LogP contribution is 2.41. The van der Waals surface area contributed by atoms with Crippen molar-refractivity contribution in [2.24, 2.45) is 11.8 Å². The van der Waals surface area contributed by atoms with E-state index in [9.17, 15) is 13.2 Å². The molecular weight excluding hydrogens is 481 g/mol. The Morgan fingerprint density at radius 3 is 2.59 bits per heavy atom. The number of nitrogens with one attached hydrogen (secondary N) is 1. The van der Waals surface area contributed by atoms with Gasteiger partial charge in [-0.05, 0) is 55.2 Å². The van der Waals surface area contributed by atoms with E-state index in [1.807, 2.05) is 16.8 Å². The summed E-state index contributed by atoms with van der Waals surface area (Å²) in [7, 11) is 1.63. The summed E-state index contributed by atoms with van der Waals surface area (Å²) in [6, 6.07) is 9.95. The van der Waals surface area contributed by atoms with Crippen LogP contribution in [0.5, 0.6) is 5.88 Å². The highest BCUT2D eigenvalue weighted by atomic mass is 19.4. The number of piperidine rings is 1. The van der Waals surface area contributed by atoms with Crippen LogP contribution in [0.15, 0.2) is 42.6 Å². The molecule has 1 saturated carbocycles. The van der Waals surface area contributed by atoms with Gasteiger partial charge in [0.1, 0.15) is 5.82 Å². The highest BCUT2D eigenvalue weighted by Gasteiger charge is 2.43. The lowest BCUT2D eigenvalue weighted by molar-refractivity contribution is -0.137. The van der Waals surface area contributed by atoms with Crippen LogP contribution in [0.2, 0.25) is 0 Å². The molecule has 0 unspecified atom stereocenters. The minimum atomic E-state index is -4.36. The van der Waals surface area contributed by atoms with Crippen molar-refractivity contribution in [3.63, 3.8) is 0 Å². The summed E-state index contributed by atoms with van der Waals surface area (Å²) in [6.45, 7) is 2.60. The van der Waals surface area contributed by atoms with Gasteiger partial charge in [0.25, 0.3) is 0 Å². The lowest BCUT2D eigenvalue weighted by Crippen LogP contribution is -2.48. The number of nitrogens with zero attached hydrogens (tertiary/aromatic N) is 5. The van der Waals surface area contributed by atoms with Gasteiger partial charge in [-0.2, -0.15) is 18.2 Å². The Labute approximate surface area is 214 Å². The van der Waals surface area contributed by atoms with Crippen molar-refractivity contribution in [1.29, 1.82) is 0 Å². The largest absolute Gasteiger partial charge is 0.481 e. The number of rotatable bonds is 5. The van der Waals surface area contributed by atoms with E-state index in [-0.39, 0.29) is 12.0 Å². The first-order chi connectivity index (χ1) is 17.9. The number of fused-ring (bicyclic) bond motifs is 3. The van der Waals surface area contributed by atoms with Gasteiger partial charge in [-0.25, -0.2) is 9.67 Å². The first-order valence-corrected chi connectivity index (χ1v) is 13.0. The van der Waals surface area contributed by atoms with Gasteiger partial charge < -0.3 is 15.0 Å². The molecule has 196 valence electrons.